The van der Waals surface area contributed by atoms with Gasteiger partial charge in [-0.05, 0) is 73.5 Å². The third-order valence-electron chi connectivity index (χ3n) is 8.18. The first kappa shape index (κ1) is 39.3. The zero-order valence-corrected chi connectivity index (χ0v) is 29.9. The first-order valence-corrected chi connectivity index (χ1v) is 17.7. The lowest BCUT2D eigenvalue weighted by molar-refractivity contribution is -0.146. The Hall–Kier alpha value is -4.49. The maximum absolute atomic E-state index is 14.1. The number of esters is 1. The molecule has 0 aliphatic rings. The number of benzene rings is 3. The zero-order valence-electron chi connectivity index (χ0n) is 29.1. The van der Waals surface area contributed by atoms with E-state index in [-0.39, 0.29) is 47.5 Å². The van der Waals surface area contributed by atoms with Crippen molar-refractivity contribution in [2.75, 3.05) is 26.2 Å². The van der Waals surface area contributed by atoms with Crippen LogP contribution in [0, 0.1) is 5.82 Å². The van der Waals surface area contributed by atoms with Crippen LogP contribution in [-0.2, 0) is 45.6 Å². The number of thioether (sulfide) groups is 1. The van der Waals surface area contributed by atoms with Crippen molar-refractivity contribution >= 4 is 23.6 Å². The zero-order chi connectivity index (χ0) is 37.1. The number of rotatable bonds is 16. The molecule has 13 heteroatoms. The van der Waals surface area contributed by atoms with E-state index in [1.54, 1.807) is 43.0 Å². The molecule has 0 aliphatic heterocycles. The molecule has 4 aromatic rings. The standard InChI is InChI=1S/C38H42F4N4O4S/c1-5-45(6-2)19-20-46(23-26-7-11-28(12-8-26)29-13-15-30(16-14-29)38(40,41)42)34(47)22-33-32(21-35(48)50-25(3)4)36(49)44-37(43-33)51-24-27-9-17-31(39)18-10-27/h7-18,25H,5-6,19-24H2,1-4H3,(H,43,44,49). The van der Waals surface area contributed by atoms with E-state index in [1.165, 1.54) is 36.0 Å². The number of carbonyl (C=O) groups excluding carboxylic acids is 2. The minimum absolute atomic E-state index is 0.0460. The summed E-state index contributed by atoms with van der Waals surface area (Å²) in [5, 5.41) is 0.252. The highest BCUT2D eigenvalue weighted by atomic mass is 32.2. The van der Waals surface area contributed by atoms with E-state index in [2.05, 4.69) is 14.9 Å². The van der Waals surface area contributed by atoms with Crippen LogP contribution in [0.3, 0.4) is 0 Å². The van der Waals surface area contributed by atoms with Gasteiger partial charge in [0.15, 0.2) is 5.16 Å². The molecule has 0 bridgehead atoms. The van der Waals surface area contributed by atoms with Gasteiger partial charge in [0.1, 0.15) is 5.82 Å². The van der Waals surface area contributed by atoms with E-state index < -0.39 is 29.4 Å². The van der Waals surface area contributed by atoms with Gasteiger partial charge in [-0.2, -0.15) is 13.2 Å². The van der Waals surface area contributed by atoms with Gasteiger partial charge in [-0.3, -0.25) is 14.4 Å². The Bertz CT molecular complexity index is 1810. The molecule has 0 atom stereocenters. The topological polar surface area (TPSA) is 95.6 Å². The molecule has 0 saturated heterocycles. The van der Waals surface area contributed by atoms with E-state index in [0.717, 1.165) is 41.9 Å². The number of halogens is 4. The molecule has 3 aromatic carbocycles. The van der Waals surface area contributed by atoms with Crippen LogP contribution in [-0.4, -0.2) is 63.9 Å². The molecule has 0 radical (unpaired) electrons. The fourth-order valence-corrected chi connectivity index (χ4v) is 6.16. The maximum Gasteiger partial charge on any atom is 0.416 e. The average Bonchev–Trinajstić information content (AvgIpc) is 3.09. The van der Waals surface area contributed by atoms with Crippen LogP contribution in [0.4, 0.5) is 17.6 Å². The number of H-pyrrole nitrogens is 1. The van der Waals surface area contributed by atoms with Gasteiger partial charge < -0.3 is 19.5 Å². The normalized spacial score (nSPS) is 11.6. The molecule has 0 saturated carbocycles. The third-order valence-corrected chi connectivity index (χ3v) is 9.13. The second kappa shape index (κ2) is 18.1. The summed E-state index contributed by atoms with van der Waals surface area (Å²) in [7, 11) is 0. The summed E-state index contributed by atoms with van der Waals surface area (Å²) in [6, 6.07) is 18.1. The quantitative estimate of drug-likeness (QED) is 0.0561. The first-order chi connectivity index (χ1) is 24.2. The SMILES string of the molecule is CCN(CC)CCN(Cc1ccc(-c2ccc(C(F)(F)F)cc2)cc1)C(=O)Cc1nc(SCc2ccc(F)cc2)[nH]c(=O)c1CC(=O)OC(C)C. The van der Waals surface area contributed by atoms with Crippen LogP contribution in [0.15, 0.2) is 82.7 Å². The lowest BCUT2D eigenvalue weighted by atomic mass is 10.0. The number of aromatic nitrogens is 2. The number of likely N-dealkylation sites (N-methyl/N-ethyl adjacent to an activating group) is 1. The Morgan fingerprint density at radius 1 is 0.863 bits per heavy atom. The predicted molar refractivity (Wildman–Crippen MR) is 190 cm³/mol. The first-order valence-electron chi connectivity index (χ1n) is 16.7. The Morgan fingerprint density at radius 3 is 2.02 bits per heavy atom. The van der Waals surface area contributed by atoms with E-state index in [4.69, 9.17) is 4.74 Å². The highest BCUT2D eigenvalue weighted by molar-refractivity contribution is 7.98. The largest absolute Gasteiger partial charge is 0.463 e. The van der Waals surface area contributed by atoms with Gasteiger partial charge in [0.25, 0.3) is 5.56 Å². The van der Waals surface area contributed by atoms with Crippen molar-refractivity contribution in [2.45, 2.75) is 70.3 Å². The van der Waals surface area contributed by atoms with Crippen molar-refractivity contribution in [3.05, 3.63) is 117 Å². The lowest BCUT2D eigenvalue weighted by Crippen LogP contribution is -2.39. The van der Waals surface area contributed by atoms with Gasteiger partial charge in [-0.15, -0.1) is 0 Å². The molecular weight excluding hydrogens is 685 g/mol. The van der Waals surface area contributed by atoms with Crippen molar-refractivity contribution in [2.24, 2.45) is 0 Å². The molecule has 0 spiro atoms. The number of alkyl halides is 3. The van der Waals surface area contributed by atoms with Crippen LogP contribution in [0.5, 0.6) is 0 Å². The number of amides is 1. The second-order valence-corrected chi connectivity index (χ2v) is 13.2. The molecule has 0 unspecified atom stereocenters. The maximum atomic E-state index is 14.1. The Labute approximate surface area is 299 Å². The molecule has 8 nitrogen and oxygen atoms in total. The Balaban J connectivity index is 1.60. The van der Waals surface area contributed by atoms with Crippen LogP contribution < -0.4 is 5.56 Å². The molecule has 51 heavy (non-hydrogen) atoms. The molecule has 1 aromatic heterocycles. The van der Waals surface area contributed by atoms with E-state index >= 15 is 0 Å². The van der Waals surface area contributed by atoms with Gasteiger partial charge in [0, 0.05) is 25.4 Å². The summed E-state index contributed by atoms with van der Waals surface area (Å²) in [6.45, 7) is 10.2. The number of nitrogens with zero attached hydrogens (tertiary/aromatic N) is 3. The highest BCUT2D eigenvalue weighted by Crippen LogP contribution is 2.31. The van der Waals surface area contributed by atoms with Gasteiger partial charge in [0.2, 0.25) is 5.91 Å². The number of ether oxygens (including phenoxy) is 1. The molecule has 1 N–H and O–H groups in total. The van der Waals surface area contributed by atoms with Crippen LogP contribution in [0.1, 0.15) is 55.6 Å². The number of aromatic amines is 1. The predicted octanol–water partition coefficient (Wildman–Crippen LogP) is 7.29. The monoisotopic (exact) mass is 726 g/mol. The van der Waals surface area contributed by atoms with Crippen molar-refractivity contribution in [1.82, 2.24) is 19.8 Å². The second-order valence-electron chi connectivity index (χ2n) is 12.2. The van der Waals surface area contributed by atoms with Gasteiger partial charge in [0.05, 0.1) is 35.8 Å². The molecule has 0 fully saturated rings. The number of hydrogen-bond donors (Lipinski definition) is 1. The Morgan fingerprint density at radius 2 is 1.45 bits per heavy atom. The number of nitrogens with one attached hydrogen (secondary N) is 1. The summed E-state index contributed by atoms with van der Waals surface area (Å²) in [5.41, 5.74) is 1.89. The highest BCUT2D eigenvalue weighted by Gasteiger charge is 2.30. The van der Waals surface area contributed by atoms with E-state index in [9.17, 15) is 31.9 Å². The molecule has 0 aliphatic carbocycles. The molecule has 1 heterocycles. The minimum atomic E-state index is -4.42. The third kappa shape index (κ3) is 11.8. The van der Waals surface area contributed by atoms with Crippen molar-refractivity contribution in [3.63, 3.8) is 0 Å². The molecule has 1 amide bonds. The van der Waals surface area contributed by atoms with Crippen LogP contribution in [0.25, 0.3) is 11.1 Å². The van der Waals surface area contributed by atoms with E-state index in [1.807, 2.05) is 26.0 Å². The van der Waals surface area contributed by atoms with Crippen LogP contribution >= 0.6 is 11.8 Å². The Kier molecular flexibility index (Phi) is 14.0. The summed E-state index contributed by atoms with van der Waals surface area (Å²) in [4.78, 5) is 51.2. The van der Waals surface area contributed by atoms with Crippen molar-refractivity contribution in [3.8, 4) is 11.1 Å². The summed E-state index contributed by atoms with van der Waals surface area (Å²) < 4.78 is 57.8. The number of hydrogen-bond acceptors (Lipinski definition) is 7. The average molecular weight is 727 g/mol. The van der Waals surface area contributed by atoms with Gasteiger partial charge in [-0.25, -0.2) is 9.37 Å². The number of carbonyl (C=O) groups is 2. The van der Waals surface area contributed by atoms with Gasteiger partial charge >= 0.3 is 12.1 Å². The van der Waals surface area contributed by atoms with Gasteiger partial charge in [-0.1, -0.05) is 74.1 Å². The van der Waals surface area contributed by atoms with E-state index in [0.29, 0.717) is 24.4 Å². The van der Waals surface area contributed by atoms with Crippen molar-refractivity contribution < 1.29 is 31.9 Å². The summed E-state index contributed by atoms with van der Waals surface area (Å²) >= 11 is 1.21. The summed E-state index contributed by atoms with van der Waals surface area (Å²) in [5.74, 6) is -0.914. The molecular formula is C38H42F4N4O4S. The van der Waals surface area contributed by atoms with Crippen molar-refractivity contribution in [1.29, 1.82) is 0 Å². The lowest BCUT2D eigenvalue weighted by Gasteiger charge is -2.27. The van der Waals surface area contributed by atoms with Crippen LogP contribution in [0.2, 0.25) is 0 Å². The molecule has 4 rings (SSSR count). The fraction of sp³-hybridized carbons (Fsp3) is 0.368. The summed E-state index contributed by atoms with van der Waals surface area (Å²) in [6.07, 6.45) is -5.44. The smallest absolute Gasteiger partial charge is 0.416 e. The molecule has 272 valence electrons. The minimum Gasteiger partial charge on any atom is -0.463 e. The fourth-order valence-electron chi connectivity index (χ4n) is 5.32.